The van der Waals surface area contributed by atoms with Crippen molar-refractivity contribution in [2.45, 2.75) is 12.8 Å². The first-order chi connectivity index (χ1) is 11.5. The van der Waals surface area contributed by atoms with Crippen LogP contribution in [0.2, 0.25) is 5.02 Å². The van der Waals surface area contributed by atoms with Gasteiger partial charge in [0.25, 0.3) is 0 Å². The third-order valence-electron chi connectivity index (χ3n) is 4.01. The number of carboxylic acid groups (broad SMARTS) is 1. The van der Waals surface area contributed by atoms with Crippen LogP contribution in [0.1, 0.15) is 12.8 Å². The molecule has 1 atom stereocenters. The van der Waals surface area contributed by atoms with E-state index >= 15 is 0 Å². The zero-order valence-electron chi connectivity index (χ0n) is 12.9. The molecule has 2 aromatic rings. The van der Waals surface area contributed by atoms with Crippen molar-refractivity contribution >= 4 is 29.3 Å². The zero-order valence-corrected chi connectivity index (χ0v) is 13.6. The Kier molecular flexibility index (Phi) is 4.71. The molecule has 3 rings (SSSR count). The van der Waals surface area contributed by atoms with E-state index in [-0.39, 0.29) is 12.6 Å². The molecule has 2 amide bonds. The number of carbonyl (C=O) groups excluding carboxylic acids is 1. The van der Waals surface area contributed by atoms with Crippen LogP contribution in [-0.2, 0) is 4.79 Å². The maximum atomic E-state index is 12.3. The summed E-state index contributed by atoms with van der Waals surface area (Å²) in [5.41, 5.74) is 1.27. The molecule has 24 heavy (non-hydrogen) atoms. The van der Waals surface area contributed by atoms with Gasteiger partial charge in [0.1, 0.15) is 0 Å². The van der Waals surface area contributed by atoms with Gasteiger partial charge in [0.2, 0.25) is 0 Å². The Morgan fingerprint density at radius 3 is 2.88 bits per heavy atom. The lowest BCUT2D eigenvalue weighted by molar-refractivity contribution is -0.143. The molecule has 8 heteroatoms. The predicted molar refractivity (Wildman–Crippen MR) is 89.5 cm³/mol. The lowest BCUT2D eigenvalue weighted by Crippen LogP contribution is -2.44. The number of amides is 2. The van der Waals surface area contributed by atoms with E-state index in [9.17, 15) is 9.59 Å². The van der Waals surface area contributed by atoms with Crippen molar-refractivity contribution in [1.29, 1.82) is 0 Å². The molecule has 0 spiro atoms. The standard InChI is InChI=1S/C16H17ClN4O3/c17-13-9-12(4-5-14(13)21-8-2-6-18-21)19-16(24)20-7-1-3-11(10-20)15(22)23/h2,4-6,8-9,11H,1,3,7,10H2,(H,19,24)(H,22,23). The molecule has 1 saturated heterocycles. The number of likely N-dealkylation sites (tertiary alicyclic amines) is 1. The Morgan fingerprint density at radius 2 is 2.21 bits per heavy atom. The summed E-state index contributed by atoms with van der Waals surface area (Å²) >= 11 is 6.25. The highest BCUT2D eigenvalue weighted by Gasteiger charge is 2.28. The number of aromatic nitrogens is 2. The van der Waals surface area contributed by atoms with Gasteiger partial charge in [0.15, 0.2) is 0 Å². The molecule has 1 aliphatic heterocycles. The van der Waals surface area contributed by atoms with E-state index < -0.39 is 11.9 Å². The van der Waals surface area contributed by atoms with Gasteiger partial charge in [-0.1, -0.05) is 11.6 Å². The van der Waals surface area contributed by atoms with Gasteiger partial charge in [0.05, 0.1) is 16.6 Å². The van der Waals surface area contributed by atoms with Crippen LogP contribution in [0, 0.1) is 5.92 Å². The molecule has 0 saturated carbocycles. The number of nitrogens with one attached hydrogen (secondary N) is 1. The number of carboxylic acids is 1. The first kappa shape index (κ1) is 16.3. The number of anilines is 1. The van der Waals surface area contributed by atoms with Crippen LogP contribution in [0.15, 0.2) is 36.7 Å². The van der Waals surface area contributed by atoms with E-state index in [1.807, 2.05) is 0 Å². The quantitative estimate of drug-likeness (QED) is 0.892. The molecule has 2 heterocycles. The average Bonchev–Trinajstić information content (AvgIpc) is 3.09. The van der Waals surface area contributed by atoms with E-state index in [2.05, 4.69) is 10.4 Å². The van der Waals surface area contributed by atoms with E-state index in [1.165, 1.54) is 4.90 Å². The monoisotopic (exact) mass is 348 g/mol. The zero-order chi connectivity index (χ0) is 17.1. The number of rotatable bonds is 3. The molecule has 7 nitrogen and oxygen atoms in total. The molecule has 1 fully saturated rings. The summed E-state index contributed by atoms with van der Waals surface area (Å²) in [6, 6.07) is 6.63. The lowest BCUT2D eigenvalue weighted by Gasteiger charge is -2.30. The van der Waals surface area contributed by atoms with Crippen LogP contribution in [-0.4, -0.2) is 44.9 Å². The van der Waals surface area contributed by atoms with E-state index in [0.29, 0.717) is 35.8 Å². The van der Waals surface area contributed by atoms with Crippen molar-refractivity contribution in [1.82, 2.24) is 14.7 Å². The van der Waals surface area contributed by atoms with Crippen molar-refractivity contribution in [2.24, 2.45) is 5.92 Å². The number of piperidine rings is 1. The van der Waals surface area contributed by atoms with Gasteiger partial charge in [-0.2, -0.15) is 5.10 Å². The van der Waals surface area contributed by atoms with Gasteiger partial charge < -0.3 is 15.3 Å². The Labute approximate surface area is 143 Å². The molecule has 126 valence electrons. The van der Waals surface area contributed by atoms with Gasteiger partial charge in [-0.15, -0.1) is 0 Å². The fourth-order valence-corrected chi connectivity index (χ4v) is 3.01. The van der Waals surface area contributed by atoms with Gasteiger partial charge in [-0.25, -0.2) is 9.48 Å². The van der Waals surface area contributed by atoms with Crippen molar-refractivity contribution in [3.8, 4) is 5.69 Å². The Morgan fingerprint density at radius 1 is 1.38 bits per heavy atom. The minimum atomic E-state index is -0.862. The van der Waals surface area contributed by atoms with Gasteiger partial charge in [-0.3, -0.25) is 4.79 Å². The highest BCUT2D eigenvalue weighted by molar-refractivity contribution is 6.32. The third kappa shape index (κ3) is 3.51. The Bertz CT molecular complexity index is 748. The van der Waals surface area contributed by atoms with Crippen LogP contribution in [0.4, 0.5) is 10.5 Å². The van der Waals surface area contributed by atoms with Crippen LogP contribution >= 0.6 is 11.6 Å². The molecule has 0 radical (unpaired) electrons. The second-order valence-corrected chi connectivity index (χ2v) is 6.08. The summed E-state index contributed by atoms with van der Waals surface area (Å²) in [7, 11) is 0. The van der Waals surface area contributed by atoms with E-state index in [1.54, 1.807) is 41.3 Å². The molecular weight excluding hydrogens is 332 g/mol. The summed E-state index contributed by atoms with van der Waals surface area (Å²) in [4.78, 5) is 24.9. The number of carbonyl (C=O) groups is 2. The topological polar surface area (TPSA) is 87.5 Å². The largest absolute Gasteiger partial charge is 0.481 e. The van der Waals surface area contributed by atoms with Crippen molar-refractivity contribution in [3.63, 3.8) is 0 Å². The molecular formula is C16H17ClN4O3. The van der Waals surface area contributed by atoms with Crippen molar-refractivity contribution in [3.05, 3.63) is 41.7 Å². The van der Waals surface area contributed by atoms with Gasteiger partial charge >= 0.3 is 12.0 Å². The van der Waals surface area contributed by atoms with Crippen molar-refractivity contribution < 1.29 is 14.7 Å². The summed E-state index contributed by atoms with van der Waals surface area (Å²) in [6.45, 7) is 0.773. The summed E-state index contributed by atoms with van der Waals surface area (Å²) in [5.74, 6) is -1.37. The molecule has 1 unspecified atom stereocenters. The number of benzene rings is 1. The number of urea groups is 1. The molecule has 1 aliphatic rings. The Hall–Kier alpha value is -2.54. The molecule has 1 aromatic heterocycles. The third-order valence-corrected chi connectivity index (χ3v) is 4.31. The van der Waals surface area contributed by atoms with Crippen LogP contribution < -0.4 is 5.32 Å². The Balaban J connectivity index is 1.68. The van der Waals surface area contributed by atoms with Crippen LogP contribution in [0.3, 0.4) is 0 Å². The summed E-state index contributed by atoms with van der Waals surface area (Å²) in [5, 5.41) is 16.4. The second kappa shape index (κ2) is 6.92. The van der Waals surface area contributed by atoms with Crippen LogP contribution in [0.25, 0.3) is 5.69 Å². The number of hydrogen-bond donors (Lipinski definition) is 2. The number of halogens is 1. The molecule has 0 bridgehead atoms. The minimum Gasteiger partial charge on any atom is -0.481 e. The fraction of sp³-hybridized carbons (Fsp3) is 0.312. The summed E-state index contributed by atoms with van der Waals surface area (Å²) < 4.78 is 1.63. The number of hydrogen-bond acceptors (Lipinski definition) is 3. The molecule has 2 N–H and O–H groups in total. The van der Waals surface area contributed by atoms with Crippen molar-refractivity contribution in [2.75, 3.05) is 18.4 Å². The fourth-order valence-electron chi connectivity index (χ4n) is 2.75. The number of aliphatic carboxylic acids is 1. The molecule has 0 aliphatic carbocycles. The lowest BCUT2D eigenvalue weighted by atomic mass is 9.99. The highest BCUT2D eigenvalue weighted by atomic mass is 35.5. The smallest absolute Gasteiger partial charge is 0.321 e. The SMILES string of the molecule is O=C(O)C1CCCN(C(=O)Nc2ccc(-n3cccn3)c(Cl)c2)C1. The van der Waals surface area contributed by atoms with Gasteiger partial charge in [0, 0.05) is 31.2 Å². The number of nitrogens with zero attached hydrogens (tertiary/aromatic N) is 3. The maximum Gasteiger partial charge on any atom is 0.321 e. The average molecular weight is 349 g/mol. The normalized spacial score (nSPS) is 17.5. The summed E-state index contributed by atoms with van der Waals surface area (Å²) in [6.07, 6.45) is 4.72. The predicted octanol–water partition coefficient (Wildman–Crippen LogP) is 2.85. The van der Waals surface area contributed by atoms with Gasteiger partial charge in [-0.05, 0) is 37.1 Å². The second-order valence-electron chi connectivity index (χ2n) is 5.67. The van der Waals surface area contributed by atoms with E-state index in [0.717, 1.165) is 0 Å². The van der Waals surface area contributed by atoms with E-state index in [4.69, 9.17) is 16.7 Å². The molecule has 1 aromatic carbocycles. The minimum absolute atomic E-state index is 0.222. The maximum absolute atomic E-state index is 12.3. The van der Waals surface area contributed by atoms with Crippen LogP contribution in [0.5, 0.6) is 0 Å². The first-order valence-electron chi connectivity index (χ1n) is 7.63. The first-order valence-corrected chi connectivity index (χ1v) is 8.00. The highest BCUT2D eigenvalue weighted by Crippen LogP contribution is 2.24.